The minimum Gasteiger partial charge on any atom is -0.478 e. The number of rotatable bonds is 4. The van der Waals surface area contributed by atoms with E-state index in [1.54, 1.807) is 6.20 Å². The molecule has 1 aromatic heterocycles. The molecule has 0 aliphatic carbocycles. The summed E-state index contributed by atoms with van der Waals surface area (Å²) in [5, 5.41) is 3.12. The Bertz CT molecular complexity index is 321. The van der Waals surface area contributed by atoms with Crippen LogP contribution in [-0.2, 0) is 0 Å². The second-order valence-corrected chi connectivity index (χ2v) is 2.60. The van der Waals surface area contributed by atoms with E-state index in [4.69, 9.17) is 4.74 Å². The molecule has 0 aliphatic heterocycles. The van der Waals surface area contributed by atoms with Crippen LogP contribution in [0.5, 0.6) is 5.88 Å². The highest BCUT2D eigenvalue weighted by Crippen LogP contribution is 2.10. The van der Waals surface area contributed by atoms with Crippen molar-refractivity contribution in [1.29, 1.82) is 0 Å². The van der Waals surface area contributed by atoms with Crippen LogP contribution < -0.4 is 10.1 Å². The lowest BCUT2D eigenvalue weighted by molar-refractivity contribution is 0.327. The zero-order valence-corrected chi connectivity index (χ0v) is 8.50. The van der Waals surface area contributed by atoms with Crippen LogP contribution in [0.15, 0.2) is 18.3 Å². The van der Waals surface area contributed by atoms with Crippen molar-refractivity contribution in [3.63, 3.8) is 0 Å². The van der Waals surface area contributed by atoms with Crippen LogP contribution in [0, 0.1) is 11.8 Å². The average Bonchev–Trinajstić information content (AvgIpc) is 2.21. The van der Waals surface area contributed by atoms with E-state index in [2.05, 4.69) is 22.1 Å². The van der Waals surface area contributed by atoms with Gasteiger partial charge in [0.2, 0.25) is 5.88 Å². The molecule has 74 valence electrons. The maximum Gasteiger partial charge on any atom is 0.213 e. The van der Waals surface area contributed by atoms with Gasteiger partial charge in [0.25, 0.3) is 0 Å². The molecule has 0 aliphatic rings. The summed E-state index contributed by atoms with van der Waals surface area (Å²) in [6.07, 6.45) is 1.74. The Kier molecular flexibility index (Phi) is 4.36. The summed E-state index contributed by atoms with van der Waals surface area (Å²) < 4.78 is 5.22. The molecule has 0 bridgehead atoms. The molecule has 0 radical (unpaired) electrons. The summed E-state index contributed by atoms with van der Waals surface area (Å²) in [6.45, 7) is 5.04. The summed E-state index contributed by atoms with van der Waals surface area (Å²) >= 11 is 0. The Morgan fingerprint density at radius 3 is 2.93 bits per heavy atom. The molecule has 0 saturated carbocycles. The Morgan fingerprint density at radius 1 is 1.50 bits per heavy atom. The minimum atomic E-state index is 0.640. The van der Waals surface area contributed by atoms with Gasteiger partial charge in [0.1, 0.15) is 0 Å². The molecule has 1 N–H and O–H groups in total. The van der Waals surface area contributed by atoms with E-state index < -0.39 is 0 Å². The highest BCUT2D eigenvalue weighted by molar-refractivity contribution is 5.43. The largest absolute Gasteiger partial charge is 0.478 e. The van der Waals surface area contributed by atoms with Crippen molar-refractivity contribution in [2.24, 2.45) is 0 Å². The van der Waals surface area contributed by atoms with E-state index in [1.165, 1.54) is 0 Å². The fourth-order valence-corrected chi connectivity index (χ4v) is 0.953. The maximum atomic E-state index is 5.22. The van der Waals surface area contributed by atoms with Gasteiger partial charge in [-0.05, 0) is 19.9 Å². The fraction of sp³-hybridized carbons (Fsp3) is 0.364. The molecule has 14 heavy (non-hydrogen) atoms. The lowest BCUT2D eigenvalue weighted by atomic mass is 10.4. The van der Waals surface area contributed by atoms with Crippen LogP contribution >= 0.6 is 0 Å². The molecular weight excluding hydrogens is 176 g/mol. The highest BCUT2D eigenvalue weighted by atomic mass is 16.5. The van der Waals surface area contributed by atoms with Crippen LogP contribution in [0.4, 0.5) is 5.69 Å². The first-order valence-electron chi connectivity index (χ1n) is 4.59. The molecule has 0 atom stereocenters. The number of hydrogen-bond acceptors (Lipinski definition) is 3. The van der Waals surface area contributed by atoms with Gasteiger partial charge in [0, 0.05) is 6.07 Å². The Hall–Kier alpha value is -1.69. The topological polar surface area (TPSA) is 34.1 Å². The Balaban J connectivity index is 2.49. The van der Waals surface area contributed by atoms with Crippen LogP contribution in [0.3, 0.4) is 0 Å². The number of anilines is 1. The van der Waals surface area contributed by atoms with Gasteiger partial charge in [-0.3, -0.25) is 0 Å². The van der Waals surface area contributed by atoms with E-state index in [0.29, 0.717) is 19.0 Å². The van der Waals surface area contributed by atoms with Gasteiger partial charge in [0.15, 0.2) is 0 Å². The van der Waals surface area contributed by atoms with E-state index in [-0.39, 0.29) is 0 Å². The number of nitrogens with zero attached hydrogens (tertiary/aromatic N) is 1. The first kappa shape index (κ1) is 10.4. The summed E-state index contributed by atoms with van der Waals surface area (Å²) in [7, 11) is 0. The summed E-state index contributed by atoms with van der Waals surface area (Å²) in [6, 6.07) is 3.76. The number of pyridine rings is 1. The summed E-state index contributed by atoms with van der Waals surface area (Å²) in [5.74, 6) is 6.38. The number of nitrogens with one attached hydrogen (secondary N) is 1. The molecule has 0 spiro atoms. The smallest absolute Gasteiger partial charge is 0.213 e. The first-order chi connectivity index (χ1) is 6.86. The van der Waals surface area contributed by atoms with Gasteiger partial charge in [-0.15, -0.1) is 5.92 Å². The number of hydrogen-bond donors (Lipinski definition) is 1. The average molecular weight is 190 g/mol. The molecule has 3 nitrogen and oxygen atoms in total. The summed E-state index contributed by atoms with van der Waals surface area (Å²) in [4.78, 5) is 4.11. The second kappa shape index (κ2) is 5.87. The van der Waals surface area contributed by atoms with Crippen LogP contribution in [0.1, 0.15) is 13.8 Å². The Labute approximate surface area is 84.5 Å². The molecule has 1 aromatic rings. The first-order valence-corrected chi connectivity index (χ1v) is 4.59. The summed E-state index contributed by atoms with van der Waals surface area (Å²) in [5.41, 5.74) is 0.955. The molecule has 1 heterocycles. The van der Waals surface area contributed by atoms with Crippen molar-refractivity contribution in [3.05, 3.63) is 18.3 Å². The molecule has 0 saturated heterocycles. The third-order valence-corrected chi connectivity index (χ3v) is 1.59. The zero-order chi connectivity index (χ0) is 10.2. The van der Waals surface area contributed by atoms with Crippen LogP contribution in [0.2, 0.25) is 0 Å². The third-order valence-electron chi connectivity index (χ3n) is 1.59. The lowest BCUT2D eigenvalue weighted by Crippen LogP contribution is -2.00. The molecular formula is C11H14N2O. The van der Waals surface area contributed by atoms with Crippen molar-refractivity contribution < 1.29 is 4.74 Å². The standard InChI is InChI=1S/C11H14N2O/c1-3-5-8-12-10-6-7-11(13-9-10)14-4-2/h6-7,9,12H,4,8H2,1-2H3. The van der Waals surface area contributed by atoms with Gasteiger partial charge in [0.05, 0.1) is 25.0 Å². The molecule has 0 aromatic carbocycles. The molecule has 0 unspecified atom stereocenters. The quantitative estimate of drug-likeness (QED) is 0.736. The molecule has 0 fully saturated rings. The second-order valence-electron chi connectivity index (χ2n) is 2.60. The van der Waals surface area contributed by atoms with Crippen molar-refractivity contribution in [1.82, 2.24) is 4.98 Å². The molecule has 1 rings (SSSR count). The predicted octanol–water partition coefficient (Wildman–Crippen LogP) is 1.92. The van der Waals surface area contributed by atoms with Gasteiger partial charge in [-0.1, -0.05) is 5.92 Å². The zero-order valence-electron chi connectivity index (χ0n) is 8.50. The van der Waals surface area contributed by atoms with Gasteiger partial charge < -0.3 is 10.1 Å². The molecule has 0 amide bonds. The van der Waals surface area contributed by atoms with Crippen LogP contribution in [0.25, 0.3) is 0 Å². The fourth-order valence-electron chi connectivity index (χ4n) is 0.953. The van der Waals surface area contributed by atoms with E-state index in [1.807, 2.05) is 26.0 Å². The SMILES string of the molecule is CC#CCNc1ccc(OCC)nc1. The van der Waals surface area contributed by atoms with Crippen LogP contribution in [-0.4, -0.2) is 18.1 Å². The van der Waals surface area contributed by atoms with E-state index >= 15 is 0 Å². The van der Waals surface area contributed by atoms with Crippen molar-refractivity contribution in [3.8, 4) is 17.7 Å². The third kappa shape index (κ3) is 3.36. The number of aromatic nitrogens is 1. The maximum absolute atomic E-state index is 5.22. The van der Waals surface area contributed by atoms with Gasteiger partial charge in [-0.25, -0.2) is 4.98 Å². The van der Waals surface area contributed by atoms with Crippen molar-refractivity contribution in [2.75, 3.05) is 18.5 Å². The van der Waals surface area contributed by atoms with Gasteiger partial charge in [-0.2, -0.15) is 0 Å². The highest BCUT2D eigenvalue weighted by Gasteiger charge is 1.93. The lowest BCUT2D eigenvalue weighted by Gasteiger charge is -2.03. The van der Waals surface area contributed by atoms with E-state index in [0.717, 1.165) is 5.69 Å². The van der Waals surface area contributed by atoms with Crippen molar-refractivity contribution in [2.45, 2.75) is 13.8 Å². The normalized spacial score (nSPS) is 8.71. The van der Waals surface area contributed by atoms with Gasteiger partial charge >= 0.3 is 0 Å². The molecule has 3 heteroatoms. The Morgan fingerprint density at radius 2 is 2.36 bits per heavy atom. The minimum absolute atomic E-state index is 0.640. The van der Waals surface area contributed by atoms with Crippen molar-refractivity contribution >= 4 is 5.69 Å². The van der Waals surface area contributed by atoms with E-state index in [9.17, 15) is 0 Å². The monoisotopic (exact) mass is 190 g/mol. The number of ether oxygens (including phenoxy) is 1. The predicted molar refractivity (Wildman–Crippen MR) is 57.3 cm³/mol.